The largest absolute Gasteiger partial charge is 0.433 e. The van der Waals surface area contributed by atoms with Crippen LogP contribution in [0.25, 0.3) is 0 Å². The Hall–Kier alpha value is -1.37. The second-order valence-corrected chi connectivity index (χ2v) is 4.23. The molecule has 1 rings (SSSR count). The first-order valence-corrected chi connectivity index (χ1v) is 5.26. The molecule has 7 heteroatoms. The first-order chi connectivity index (χ1) is 7.70. The summed E-state index contributed by atoms with van der Waals surface area (Å²) in [6.45, 7) is 3.59. The van der Waals surface area contributed by atoms with Gasteiger partial charge >= 0.3 is 6.18 Å². The van der Waals surface area contributed by atoms with Crippen LogP contribution in [0.15, 0.2) is 12.1 Å². The van der Waals surface area contributed by atoms with Gasteiger partial charge in [-0.3, -0.25) is 0 Å². The molecule has 0 radical (unpaired) electrons. The molecule has 0 amide bonds. The molecule has 1 aromatic heterocycles. The molecule has 0 bridgehead atoms. The fourth-order valence-electron chi connectivity index (χ4n) is 1.19. The molecule has 1 aromatic rings. The quantitative estimate of drug-likeness (QED) is 0.823. The number of nitrogens with one attached hydrogen (secondary N) is 1. The number of alkyl halides is 3. The molecule has 0 unspecified atom stereocenters. The highest BCUT2D eigenvalue weighted by molar-refractivity contribution is 7.80. The molecule has 0 saturated carbocycles. The van der Waals surface area contributed by atoms with Crippen LogP contribution in [-0.4, -0.2) is 16.0 Å². The normalized spacial score (nSPS) is 11.6. The lowest BCUT2D eigenvalue weighted by molar-refractivity contribution is -0.141. The monoisotopic (exact) mass is 263 g/mol. The molecule has 17 heavy (non-hydrogen) atoms. The lowest BCUT2D eigenvalue weighted by atomic mass is 10.2. The highest BCUT2D eigenvalue weighted by Gasteiger charge is 2.33. The molecular weight excluding hydrogens is 251 g/mol. The number of aromatic nitrogens is 1. The molecule has 0 spiro atoms. The third kappa shape index (κ3) is 3.85. The number of thiocarbonyl (C=S) groups is 1. The Balaban J connectivity index is 3.24. The van der Waals surface area contributed by atoms with E-state index in [9.17, 15) is 13.2 Å². The minimum Gasteiger partial charge on any atom is -0.389 e. The maximum absolute atomic E-state index is 12.6. The van der Waals surface area contributed by atoms with Gasteiger partial charge < -0.3 is 11.1 Å². The number of pyridine rings is 1. The summed E-state index contributed by atoms with van der Waals surface area (Å²) in [4.78, 5) is 3.38. The SMILES string of the molecule is CC(C)Nc1cc(C(N)=S)cc(C(F)(F)F)n1. The fourth-order valence-corrected chi connectivity index (χ4v) is 1.31. The summed E-state index contributed by atoms with van der Waals surface area (Å²) < 4.78 is 37.7. The van der Waals surface area contributed by atoms with Gasteiger partial charge in [-0.1, -0.05) is 12.2 Å². The van der Waals surface area contributed by atoms with Crippen molar-refractivity contribution < 1.29 is 13.2 Å². The number of nitrogens with zero attached hydrogens (tertiary/aromatic N) is 1. The van der Waals surface area contributed by atoms with Crippen molar-refractivity contribution in [3.63, 3.8) is 0 Å². The van der Waals surface area contributed by atoms with Crippen molar-refractivity contribution >= 4 is 23.0 Å². The molecule has 0 aliphatic heterocycles. The summed E-state index contributed by atoms with van der Waals surface area (Å²) >= 11 is 4.67. The van der Waals surface area contributed by atoms with Crippen LogP contribution in [0, 0.1) is 0 Å². The van der Waals surface area contributed by atoms with Crippen LogP contribution in [0.2, 0.25) is 0 Å². The average molecular weight is 263 g/mol. The van der Waals surface area contributed by atoms with Crippen LogP contribution in [0.1, 0.15) is 25.1 Å². The van der Waals surface area contributed by atoms with Crippen LogP contribution < -0.4 is 11.1 Å². The van der Waals surface area contributed by atoms with Crippen molar-refractivity contribution in [2.24, 2.45) is 5.73 Å². The number of rotatable bonds is 3. The zero-order valence-electron chi connectivity index (χ0n) is 9.30. The van der Waals surface area contributed by atoms with Crippen LogP contribution in [0.3, 0.4) is 0 Å². The minimum absolute atomic E-state index is 0.0369. The van der Waals surface area contributed by atoms with Gasteiger partial charge in [0.2, 0.25) is 0 Å². The second-order valence-electron chi connectivity index (χ2n) is 3.79. The number of halogens is 3. The van der Waals surface area contributed by atoms with Gasteiger partial charge in [0.1, 0.15) is 16.5 Å². The van der Waals surface area contributed by atoms with Crippen LogP contribution in [-0.2, 0) is 6.18 Å². The number of hydrogen-bond donors (Lipinski definition) is 2. The van der Waals surface area contributed by atoms with Crippen LogP contribution in [0.4, 0.5) is 19.0 Å². The van der Waals surface area contributed by atoms with Gasteiger partial charge in [-0.2, -0.15) is 13.2 Å². The van der Waals surface area contributed by atoms with Crippen LogP contribution in [0.5, 0.6) is 0 Å². The zero-order chi connectivity index (χ0) is 13.2. The molecule has 0 aliphatic rings. The van der Waals surface area contributed by atoms with Crippen LogP contribution >= 0.6 is 12.2 Å². The lowest BCUT2D eigenvalue weighted by Crippen LogP contribution is -2.18. The first kappa shape index (κ1) is 13.7. The van der Waals surface area contributed by atoms with Gasteiger partial charge in [0.15, 0.2) is 0 Å². The zero-order valence-corrected chi connectivity index (χ0v) is 10.1. The highest BCUT2D eigenvalue weighted by Crippen LogP contribution is 2.29. The van der Waals surface area contributed by atoms with Crippen molar-refractivity contribution in [2.45, 2.75) is 26.1 Å². The van der Waals surface area contributed by atoms with E-state index in [2.05, 4.69) is 22.5 Å². The van der Waals surface area contributed by atoms with E-state index in [1.807, 2.05) is 0 Å². The predicted octanol–water partition coefficient (Wildman–Crippen LogP) is 2.55. The summed E-state index contributed by atoms with van der Waals surface area (Å²) in [5.41, 5.74) is 4.47. The van der Waals surface area contributed by atoms with E-state index in [1.54, 1.807) is 13.8 Å². The summed E-state index contributed by atoms with van der Waals surface area (Å²) in [5.74, 6) is 0.109. The number of nitrogens with two attached hydrogens (primary N) is 1. The van der Waals surface area contributed by atoms with Gasteiger partial charge in [0, 0.05) is 11.6 Å². The van der Waals surface area contributed by atoms with Crippen molar-refractivity contribution in [1.82, 2.24) is 4.98 Å². The smallest absolute Gasteiger partial charge is 0.389 e. The van der Waals surface area contributed by atoms with E-state index in [-0.39, 0.29) is 22.4 Å². The van der Waals surface area contributed by atoms with E-state index in [0.29, 0.717) is 0 Å². The van der Waals surface area contributed by atoms with E-state index >= 15 is 0 Å². The number of anilines is 1. The van der Waals surface area contributed by atoms with Gasteiger partial charge in [-0.15, -0.1) is 0 Å². The van der Waals surface area contributed by atoms with Crippen molar-refractivity contribution in [3.05, 3.63) is 23.4 Å². The molecule has 0 aliphatic carbocycles. The molecule has 94 valence electrons. The van der Waals surface area contributed by atoms with E-state index in [4.69, 9.17) is 5.73 Å². The first-order valence-electron chi connectivity index (χ1n) is 4.86. The van der Waals surface area contributed by atoms with E-state index in [1.165, 1.54) is 6.07 Å². The third-order valence-corrected chi connectivity index (χ3v) is 2.07. The fraction of sp³-hybridized carbons (Fsp3) is 0.400. The summed E-state index contributed by atoms with van der Waals surface area (Å²) in [7, 11) is 0. The molecule has 0 atom stereocenters. The van der Waals surface area contributed by atoms with Gasteiger partial charge in [-0.05, 0) is 26.0 Å². The standard InChI is InChI=1S/C10H12F3N3S/c1-5(2)15-8-4-6(9(14)17)3-7(16-8)10(11,12)13/h3-5H,1-2H3,(H2,14,17)(H,15,16). The third-order valence-electron chi connectivity index (χ3n) is 1.84. The highest BCUT2D eigenvalue weighted by atomic mass is 32.1. The van der Waals surface area contributed by atoms with Crippen molar-refractivity contribution in [3.8, 4) is 0 Å². The minimum atomic E-state index is -4.52. The van der Waals surface area contributed by atoms with Gasteiger partial charge in [0.25, 0.3) is 0 Å². The molecule has 3 N–H and O–H groups in total. The summed E-state index contributed by atoms with van der Waals surface area (Å²) in [6.07, 6.45) is -4.52. The molecule has 3 nitrogen and oxygen atoms in total. The molecule has 0 fully saturated rings. The number of hydrogen-bond acceptors (Lipinski definition) is 3. The molecule has 0 aromatic carbocycles. The van der Waals surface area contributed by atoms with Crippen molar-refractivity contribution in [2.75, 3.05) is 5.32 Å². The molecular formula is C10H12F3N3S. The van der Waals surface area contributed by atoms with E-state index in [0.717, 1.165) is 6.07 Å². The Morgan fingerprint density at radius 1 is 1.41 bits per heavy atom. The second kappa shape index (κ2) is 4.87. The molecule has 0 saturated heterocycles. The topological polar surface area (TPSA) is 50.9 Å². The Morgan fingerprint density at radius 3 is 2.41 bits per heavy atom. The Labute approximate surface area is 102 Å². The lowest BCUT2D eigenvalue weighted by Gasteiger charge is -2.13. The Morgan fingerprint density at radius 2 is 2.00 bits per heavy atom. The van der Waals surface area contributed by atoms with Gasteiger partial charge in [0.05, 0.1) is 0 Å². The maximum atomic E-state index is 12.6. The summed E-state index contributed by atoms with van der Waals surface area (Å²) in [5, 5.41) is 2.79. The van der Waals surface area contributed by atoms with E-state index < -0.39 is 11.9 Å². The average Bonchev–Trinajstić information content (AvgIpc) is 2.14. The Bertz CT molecular complexity index is 429. The van der Waals surface area contributed by atoms with Crippen molar-refractivity contribution in [1.29, 1.82) is 0 Å². The van der Waals surface area contributed by atoms with Gasteiger partial charge in [-0.25, -0.2) is 4.98 Å². The molecule has 1 heterocycles. The Kier molecular flexibility index (Phi) is 3.92. The summed E-state index contributed by atoms with van der Waals surface area (Å²) in [6, 6.07) is 2.20. The maximum Gasteiger partial charge on any atom is 0.433 e. The predicted molar refractivity (Wildman–Crippen MR) is 63.9 cm³/mol.